The average Bonchev–Trinajstić information content (AvgIpc) is 3.00. The number of hydrogen-bond acceptors (Lipinski definition) is 3. The Kier molecular flexibility index (Phi) is 5.17. The van der Waals surface area contributed by atoms with Gasteiger partial charge in [0.2, 0.25) is 5.91 Å². The number of ether oxygens (including phenoxy) is 1. The van der Waals surface area contributed by atoms with E-state index in [1.807, 2.05) is 38.1 Å². The first-order valence-corrected chi connectivity index (χ1v) is 8.70. The summed E-state index contributed by atoms with van der Waals surface area (Å²) in [6, 6.07) is 10.1. The number of fused-ring (bicyclic) bond motifs is 1. The van der Waals surface area contributed by atoms with Crippen molar-refractivity contribution in [1.82, 2.24) is 10.3 Å². The van der Waals surface area contributed by atoms with Crippen LogP contribution in [0.25, 0.3) is 11.3 Å². The van der Waals surface area contributed by atoms with Gasteiger partial charge in [-0.25, -0.2) is 0 Å². The molecule has 1 N–H and O–H groups in total. The maximum atomic E-state index is 11.9. The molecule has 0 fully saturated rings. The molecule has 1 aliphatic heterocycles. The Bertz CT molecular complexity index is 782. The van der Waals surface area contributed by atoms with Crippen LogP contribution in [0.1, 0.15) is 25.0 Å². The van der Waals surface area contributed by atoms with E-state index in [9.17, 15) is 4.79 Å². The number of allylic oxidation sites excluding steroid dienone is 1. The largest absolute Gasteiger partial charge is 0.487 e. The number of nitrogens with one attached hydrogen (secondary N) is 1. The molecule has 2 heterocycles. The van der Waals surface area contributed by atoms with Crippen LogP contribution >= 0.6 is 0 Å². The van der Waals surface area contributed by atoms with E-state index in [4.69, 9.17) is 4.74 Å². The number of aryl methyl sites for hydroxylation is 1. The molecule has 4 nitrogen and oxygen atoms in total. The SMILES string of the molecule is Cc1cc2c(c(-c3ccccn3)c1)OC(CNC(=O)/C=C/C(C)C)C2. The molecule has 0 spiro atoms. The van der Waals surface area contributed by atoms with E-state index in [2.05, 4.69) is 29.4 Å². The highest BCUT2D eigenvalue weighted by atomic mass is 16.5. The van der Waals surface area contributed by atoms with E-state index in [0.29, 0.717) is 12.5 Å². The number of carbonyl (C=O) groups excluding carboxylic acids is 1. The second-order valence-corrected chi connectivity index (χ2v) is 6.81. The molecule has 4 heteroatoms. The lowest BCUT2D eigenvalue weighted by Crippen LogP contribution is -2.33. The summed E-state index contributed by atoms with van der Waals surface area (Å²) < 4.78 is 6.14. The van der Waals surface area contributed by atoms with Crippen molar-refractivity contribution in [2.45, 2.75) is 33.3 Å². The summed E-state index contributed by atoms with van der Waals surface area (Å²) in [7, 11) is 0. The minimum absolute atomic E-state index is 0.0457. The second kappa shape index (κ2) is 7.51. The van der Waals surface area contributed by atoms with Crippen LogP contribution < -0.4 is 10.1 Å². The normalized spacial score (nSPS) is 16.1. The molecule has 1 aliphatic rings. The summed E-state index contributed by atoms with van der Waals surface area (Å²) in [5.41, 5.74) is 4.29. The number of hydrogen-bond donors (Lipinski definition) is 1. The first-order valence-electron chi connectivity index (χ1n) is 8.70. The van der Waals surface area contributed by atoms with Crippen molar-refractivity contribution in [2.24, 2.45) is 5.92 Å². The van der Waals surface area contributed by atoms with Gasteiger partial charge in [-0.05, 0) is 48.2 Å². The maximum absolute atomic E-state index is 11.9. The zero-order chi connectivity index (χ0) is 17.8. The number of amides is 1. The van der Waals surface area contributed by atoms with E-state index in [1.54, 1.807) is 12.3 Å². The van der Waals surface area contributed by atoms with Crippen molar-refractivity contribution in [3.63, 3.8) is 0 Å². The number of nitrogens with zero attached hydrogens (tertiary/aromatic N) is 1. The van der Waals surface area contributed by atoms with Crippen LogP contribution in [0.4, 0.5) is 0 Å². The number of rotatable bonds is 5. The summed E-state index contributed by atoms with van der Waals surface area (Å²) in [5.74, 6) is 1.18. The van der Waals surface area contributed by atoms with E-state index < -0.39 is 0 Å². The molecule has 1 amide bonds. The number of benzene rings is 1. The summed E-state index contributed by atoms with van der Waals surface area (Å²) in [6.07, 6.45) is 6.02. The first-order chi connectivity index (χ1) is 12.0. The number of pyridine rings is 1. The van der Waals surface area contributed by atoms with Crippen LogP contribution in [0.2, 0.25) is 0 Å². The third-order valence-electron chi connectivity index (χ3n) is 4.12. The highest BCUT2D eigenvalue weighted by molar-refractivity contribution is 5.87. The van der Waals surface area contributed by atoms with E-state index in [1.165, 1.54) is 11.1 Å². The number of aromatic nitrogens is 1. The van der Waals surface area contributed by atoms with Gasteiger partial charge in [0.1, 0.15) is 11.9 Å². The van der Waals surface area contributed by atoms with Gasteiger partial charge in [-0.1, -0.05) is 32.1 Å². The van der Waals surface area contributed by atoms with E-state index in [-0.39, 0.29) is 12.0 Å². The molecule has 1 aromatic carbocycles. The molecule has 1 aromatic heterocycles. The molecule has 3 rings (SSSR count). The van der Waals surface area contributed by atoms with Crippen molar-refractivity contribution < 1.29 is 9.53 Å². The maximum Gasteiger partial charge on any atom is 0.243 e. The molecular weight excluding hydrogens is 312 g/mol. The van der Waals surface area contributed by atoms with E-state index in [0.717, 1.165) is 23.4 Å². The average molecular weight is 336 g/mol. The van der Waals surface area contributed by atoms with Crippen LogP contribution in [0.15, 0.2) is 48.7 Å². The molecule has 25 heavy (non-hydrogen) atoms. The van der Waals surface area contributed by atoms with Crippen LogP contribution in [-0.4, -0.2) is 23.5 Å². The highest BCUT2D eigenvalue weighted by Gasteiger charge is 2.26. The molecule has 0 saturated heterocycles. The Hall–Kier alpha value is -2.62. The van der Waals surface area contributed by atoms with Crippen molar-refractivity contribution >= 4 is 5.91 Å². The zero-order valence-corrected chi connectivity index (χ0v) is 15.0. The van der Waals surface area contributed by atoms with Gasteiger partial charge in [0.25, 0.3) is 0 Å². The minimum Gasteiger partial charge on any atom is -0.487 e. The van der Waals surface area contributed by atoms with Crippen LogP contribution in [0.5, 0.6) is 5.75 Å². The Labute approximate surface area is 148 Å². The molecule has 2 aromatic rings. The van der Waals surface area contributed by atoms with Gasteiger partial charge in [0, 0.05) is 18.2 Å². The molecule has 0 saturated carbocycles. The fourth-order valence-corrected chi connectivity index (χ4v) is 2.97. The summed E-state index contributed by atoms with van der Waals surface area (Å²) in [4.78, 5) is 16.3. The van der Waals surface area contributed by atoms with Crippen LogP contribution in [0, 0.1) is 12.8 Å². The smallest absolute Gasteiger partial charge is 0.243 e. The summed E-state index contributed by atoms with van der Waals surface area (Å²) in [6.45, 7) is 6.67. The standard InChI is InChI=1S/C21H24N2O2/c1-14(2)7-8-20(24)23-13-17-12-16-10-15(3)11-18(21(16)25-17)19-6-4-5-9-22-19/h4-11,14,17H,12-13H2,1-3H3,(H,23,24)/b8-7+. The molecule has 130 valence electrons. The predicted octanol–water partition coefficient (Wildman–Crippen LogP) is 3.69. The Morgan fingerprint density at radius 3 is 2.96 bits per heavy atom. The third-order valence-corrected chi connectivity index (χ3v) is 4.12. The van der Waals surface area contributed by atoms with Gasteiger partial charge in [-0.3, -0.25) is 9.78 Å². The van der Waals surface area contributed by atoms with Gasteiger partial charge < -0.3 is 10.1 Å². The van der Waals surface area contributed by atoms with Crippen LogP contribution in [-0.2, 0) is 11.2 Å². The third kappa shape index (κ3) is 4.27. The van der Waals surface area contributed by atoms with E-state index >= 15 is 0 Å². The topological polar surface area (TPSA) is 51.2 Å². The summed E-state index contributed by atoms with van der Waals surface area (Å²) >= 11 is 0. The zero-order valence-electron chi connectivity index (χ0n) is 15.0. The fourth-order valence-electron chi connectivity index (χ4n) is 2.97. The molecule has 0 bridgehead atoms. The van der Waals surface area contributed by atoms with Crippen LogP contribution in [0.3, 0.4) is 0 Å². The second-order valence-electron chi connectivity index (χ2n) is 6.81. The number of carbonyl (C=O) groups is 1. The van der Waals surface area contributed by atoms with Gasteiger partial charge in [0.15, 0.2) is 0 Å². The Morgan fingerprint density at radius 2 is 2.24 bits per heavy atom. The molecule has 0 radical (unpaired) electrons. The van der Waals surface area contributed by atoms with Gasteiger partial charge in [0.05, 0.1) is 12.2 Å². The van der Waals surface area contributed by atoms with Gasteiger partial charge in [-0.2, -0.15) is 0 Å². The van der Waals surface area contributed by atoms with Gasteiger partial charge in [-0.15, -0.1) is 0 Å². The van der Waals surface area contributed by atoms with Crippen molar-refractivity contribution in [1.29, 1.82) is 0 Å². The van der Waals surface area contributed by atoms with Crippen molar-refractivity contribution in [2.75, 3.05) is 6.54 Å². The molecule has 0 aliphatic carbocycles. The Morgan fingerprint density at radius 1 is 1.40 bits per heavy atom. The molecule has 1 unspecified atom stereocenters. The molecule has 1 atom stereocenters. The lowest BCUT2D eigenvalue weighted by molar-refractivity contribution is -0.116. The predicted molar refractivity (Wildman–Crippen MR) is 99.5 cm³/mol. The van der Waals surface area contributed by atoms with Crippen molar-refractivity contribution in [3.05, 3.63) is 59.8 Å². The lowest BCUT2D eigenvalue weighted by atomic mass is 10.0. The van der Waals surface area contributed by atoms with Gasteiger partial charge >= 0.3 is 0 Å². The minimum atomic E-state index is -0.0746. The highest BCUT2D eigenvalue weighted by Crippen LogP contribution is 2.38. The fraction of sp³-hybridized carbons (Fsp3) is 0.333. The quantitative estimate of drug-likeness (QED) is 0.847. The Balaban J connectivity index is 1.72. The van der Waals surface area contributed by atoms with Crippen molar-refractivity contribution in [3.8, 4) is 17.0 Å². The first kappa shape index (κ1) is 17.2. The lowest BCUT2D eigenvalue weighted by Gasteiger charge is -2.13. The molecular formula is C21H24N2O2. The monoisotopic (exact) mass is 336 g/mol. The summed E-state index contributed by atoms with van der Waals surface area (Å²) in [5, 5.41) is 2.92.